The van der Waals surface area contributed by atoms with E-state index in [0.29, 0.717) is 16.8 Å². The number of thiophene rings is 1. The second-order valence-corrected chi connectivity index (χ2v) is 8.26. The van der Waals surface area contributed by atoms with Gasteiger partial charge in [-0.15, -0.1) is 11.3 Å². The lowest BCUT2D eigenvalue weighted by Crippen LogP contribution is -2.34. The Morgan fingerprint density at radius 2 is 2.05 bits per heavy atom. The zero-order valence-electron chi connectivity index (χ0n) is 12.8. The van der Waals surface area contributed by atoms with E-state index in [9.17, 15) is 8.42 Å². The average molecular weight is 332 g/mol. The zero-order chi connectivity index (χ0) is 15.3. The van der Waals surface area contributed by atoms with Crippen molar-refractivity contribution in [3.05, 3.63) is 17.0 Å². The van der Waals surface area contributed by atoms with Gasteiger partial charge in [-0.3, -0.25) is 0 Å². The second-order valence-electron chi connectivity index (χ2n) is 5.35. The van der Waals surface area contributed by atoms with Crippen LogP contribution >= 0.6 is 11.3 Å². The summed E-state index contributed by atoms with van der Waals surface area (Å²) in [5, 5.41) is 5.32. The normalized spacial score (nSPS) is 15.8. The topological polar surface area (TPSA) is 61.4 Å². The van der Waals surface area contributed by atoms with Gasteiger partial charge >= 0.3 is 0 Å². The summed E-state index contributed by atoms with van der Waals surface area (Å²) >= 11 is 1.29. The van der Waals surface area contributed by atoms with E-state index in [1.165, 1.54) is 24.2 Å². The van der Waals surface area contributed by atoms with Crippen LogP contribution in [-0.4, -0.2) is 45.5 Å². The van der Waals surface area contributed by atoms with Crippen molar-refractivity contribution in [3.8, 4) is 0 Å². The molecule has 1 aromatic rings. The lowest BCUT2D eigenvalue weighted by atomic mass is 10.3. The van der Waals surface area contributed by atoms with Gasteiger partial charge in [0.15, 0.2) is 0 Å². The highest BCUT2D eigenvalue weighted by atomic mass is 32.2. The van der Waals surface area contributed by atoms with Gasteiger partial charge in [-0.1, -0.05) is 13.8 Å². The van der Waals surface area contributed by atoms with Crippen LogP contribution in [0.15, 0.2) is 15.7 Å². The molecule has 0 radical (unpaired) electrons. The molecule has 2 N–H and O–H groups in total. The Balaban J connectivity index is 1.83. The van der Waals surface area contributed by atoms with E-state index in [1.807, 2.05) is 5.38 Å². The van der Waals surface area contributed by atoms with Crippen LogP contribution in [0.5, 0.6) is 0 Å². The van der Waals surface area contributed by atoms with Crippen LogP contribution in [0.1, 0.15) is 32.3 Å². The van der Waals surface area contributed by atoms with E-state index < -0.39 is 10.0 Å². The first-order valence-electron chi connectivity index (χ1n) is 7.58. The Labute approximate surface area is 131 Å². The van der Waals surface area contributed by atoms with Crippen molar-refractivity contribution in [2.24, 2.45) is 0 Å². The summed E-state index contributed by atoms with van der Waals surface area (Å²) in [5.41, 5.74) is 1.05. The highest BCUT2D eigenvalue weighted by Gasteiger charge is 2.21. The van der Waals surface area contributed by atoms with Crippen molar-refractivity contribution in [1.82, 2.24) is 14.9 Å². The molecule has 0 saturated heterocycles. The Morgan fingerprint density at radius 1 is 1.33 bits per heavy atom. The molecule has 7 heteroatoms. The Morgan fingerprint density at radius 3 is 2.67 bits per heavy atom. The fourth-order valence-corrected chi connectivity index (χ4v) is 4.36. The lowest BCUT2D eigenvalue weighted by Gasteiger charge is -2.17. The molecule has 1 saturated carbocycles. The fraction of sp³-hybridized carbons (Fsp3) is 0.714. The summed E-state index contributed by atoms with van der Waals surface area (Å²) in [7, 11) is -3.36. The molecule has 0 aliphatic heterocycles. The van der Waals surface area contributed by atoms with Gasteiger partial charge in [0.2, 0.25) is 10.0 Å². The van der Waals surface area contributed by atoms with Gasteiger partial charge in [0.05, 0.1) is 0 Å². The van der Waals surface area contributed by atoms with Gasteiger partial charge in [-0.2, -0.15) is 0 Å². The maximum atomic E-state index is 12.2. The third-order valence-corrected chi connectivity index (χ3v) is 6.63. The van der Waals surface area contributed by atoms with E-state index >= 15 is 0 Å². The number of nitrogens with zero attached hydrogens (tertiary/aromatic N) is 1. The van der Waals surface area contributed by atoms with Crippen LogP contribution in [0.25, 0.3) is 0 Å². The van der Waals surface area contributed by atoms with Crippen molar-refractivity contribution in [2.45, 2.75) is 43.5 Å². The van der Waals surface area contributed by atoms with Gasteiger partial charge in [-0.25, -0.2) is 13.1 Å². The Kier molecular flexibility index (Phi) is 6.19. The third-order valence-electron chi connectivity index (χ3n) is 3.68. The number of rotatable bonds is 10. The van der Waals surface area contributed by atoms with E-state index in [1.54, 1.807) is 6.07 Å². The first-order valence-corrected chi connectivity index (χ1v) is 9.94. The highest BCUT2D eigenvalue weighted by molar-refractivity contribution is 7.91. The molecule has 1 heterocycles. The van der Waals surface area contributed by atoms with Crippen LogP contribution in [-0.2, 0) is 16.6 Å². The van der Waals surface area contributed by atoms with Gasteiger partial charge in [-0.05, 0) is 42.9 Å². The molecule has 0 atom stereocenters. The largest absolute Gasteiger partial charge is 0.310 e. The maximum absolute atomic E-state index is 12.2. The molecule has 1 aromatic heterocycles. The van der Waals surface area contributed by atoms with E-state index in [0.717, 1.165) is 31.7 Å². The summed E-state index contributed by atoms with van der Waals surface area (Å²) in [6.07, 6.45) is 2.48. The van der Waals surface area contributed by atoms with Crippen LogP contribution < -0.4 is 10.0 Å². The van der Waals surface area contributed by atoms with Crippen LogP contribution in [0.4, 0.5) is 0 Å². The molecule has 0 unspecified atom stereocenters. The minimum Gasteiger partial charge on any atom is -0.310 e. The number of nitrogens with one attached hydrogen (secondary N) is 2. The molecule has 1 fully saturated rings. The predicted molar refractivity (Wildman–Crippen MR) is 87.2 cm³/mol. The van der Waals surface area contributed by atoms with Crippen molar-refractivity contribution >= 4 is 21.4 Å². The standard InChI is InChI=1S/C14H25N3O2S2/c1-3-17(4-2)8-7-16-21(18,19)14-9-12(11-20-14)10-15-13-5-6-13/h9,11,13,15-16H,3-8,10H2,1-2H3. The number of hydrogen-bond acceptors (Lipinski definition) is 5. The summed E-state index contributed by atoms with van der Waals surface area (Å²) in [4.78, 5) is 2.20. The smallest absolute Gasteiger partial charge is 0.250 e. The molecular formula is C14H25N3O2S2. The molecule has 120 valence electrons. The molecule has 5 nitrogen and oxygen atoms in total. The Hall–Kier alpha value is -0.470. The van der Waals surface area contributed by atoms with Crippen molar-refractivity contribution < 1.29 is 8.42 Å². The molecular weight excluding hydrogens is 306 g/mol. The van der Waals surface area contributed by atoms with E-state index in [4.69, 9.17) is 0 Å². The van der Waals surface area contributed by atoms with Crippen molar-refractivity contribution in [3.63, 3.8) is 0 Å². The van der Waals surface area contributed by atoms with E-state index in [2.05, 4.69) is 28.8 Å². The van der Waals surface area contributed by atoms with Crippen LogP contribution in [0.3, 0.4) is 0 Å². The second kappa shape index (κ2) is 7.69. The summed E-state index contributed by atoms with van der Waals surface area (Å²) in [6, 6.07) is 2.41. The maximum Gasteiger partial charge on any atom is 0.250 e. The molecule has 0 amide bonds. The van der Waals surface area contributed by atoms with Gasteiger partial charge in [0.25, 0.3) is 0 Å². The molecule has 2 rings (SSSR count). The first kappa shape index (κ1) is 16.9. The molecule has 0 spiro atoms. The molecule has 1 aliphatic rings. The average Bonchev–Trinajstić information content (AvgIpc) is 3.17. The first-order chi connectivity index (χ1) is 10.0. The zero-order valence-corrected chi connectivity index (χ0v) is 14.4. The number of hydrogen-bond donors (Lipinski definition) is 2. The van der Waals surface area contributed by atoms with Crippen molar-refractivity contribution in [1.29, 1.82) is 0 Å². The van der Waals surface area contributed by atoms with Crippen molar-refractivity contribution in [2.75, 3.05) is 26.2 Å². The van der Waals surface area contributed by atoms with Crippen LogP contribution in [0, 0.1) is 0 Å². The lowest BCUT2D eigenvalue weighted by molar-refractivity contribution is 0.309. The highest BCUT2D eigenvalue weighted by Crippen LogP contribution is 2.22. The molecule has 0 aromatic carbocycles. The minimum atomic E-state index is -3.36. The Bertz CT molecular complexity index is 534. The monoisotopic (exact) mass is 331 g/mol. The quantitative estimate of drug-likeness (QED) is 0.684. The third kappa shape index (κ3) is 5.34. The SMILES string of the molecule is CCN(CC)CCNS(=O)(=O)c1cc(CNC2CC2)cs1. The summed E-state index contributed by atoms with van der Waals surface area (Å²) in [5.74, 6) is 0. The number of sulfonamides is 1. The molecule has 21 heavy (non-hydrogen) atoms. The predicted octanol–water partition coefficient (Wildman–Crippen LogP) is 1.62. The van der Waals surface area contributed by atoms with Crippen LogP contribution in [0.2, 0.25) is 0 Å². The van der Waals surface area contributed by atoms with E-state index in [-0.39, 0.29) is 0 Å². The van der Waals surface area contributed by atoms with Gasteiger partial charge in [0, 0.05) is 25.7 Å². The number of likely N-dealkylation sites (N-methyl/N-ethyl adjacent to an activating group) is 1. The molecule has 0 bridgehead atoms. The van der Waals surface area contributed by atoms with Gasteiger partial charge < -0.3 is 10.2 Å². The minimum absolute atomic E-state index is 0.412. The summed E-state index contributed by atoms with van der Waals surface area (Å²) < 4.78 is 27.5. The summed E-state index contributed by atoms with van der Waals surface area (Å²) in [6.45, 7) is 8.00. The molecule has 1 aliphatic carbocycles. The fourth-order valence-electron chi connectivity index (χ4n) is 2.09. The van der Waals surface area contributed by atoms with Gasteiger partial charge in [0.1, 0.15) is 4.21 Å².